The fraction of sp³-hybridized carbons (Fsp3) is 0.522. The minimum Gasteiger partial charge on any atom is -0.394 e. The van der Waals surface area contributed by atoms with E-state index in [4.69, 9.17) is 0 Å². The smallest absolute Gasteiger partial charge is 0.319 e. The van der Waals surface area contributed by atoms with Gasteiger partial charge in [0.1, 0.15) is 0 Å². The van der Waals surface area contributed by atoms with Crippen molar-refractivity contribution in [3.05, 3.63) is 53.3 Å². The first-order valence-corrected chi connectivity index (χ1v) is 10.9. The molecule has 9 heteroatoms. The molecule has 2 aliphatic rings. The maximum atomic E-state index is 13.4. The molecule has 2 heterocycles. The normalized spacial score (nSPS) is 20.5. The summed E-state index contributed by atoms with van der Waals surface area (Å²) in [7, 11) is 0. The molecule has 1 aromatic heterocycles. The van der Waals surface area contributed by atoms with Crippen LogP contribution in [0.4, 0.5) is 19.5 Å². The molecule has 1 fully saturated rings. The lowest BCUT2D eigenvalue weighted by Gasteiger charge is -2.33. The summed E-state index contributed by atoms with van der Waals surface area (Å²) in [6, 6.07) is 8.40. The first-order chi connectivity index (χ1) is 15.2. The monoisotopic (exact) mass is 445 g/mol. The Hall–Kier alpha value is -2.81. The number of rotatable bonds is 5. The number of nitrogens with one attached hydrogen (secondary N) is 2. The van der Waals surface area contributed by atoms with Crippen LogP contribution in [0.25, 0.3) is 0 Å². The maximum Gasteiger partial charge on any atom is 0.319 e. The average Bonchev–Trinajstić information content (AvgIpc) is 3.04. The maximum absolute atomic E-state index is 13.4. The van der Waals surface area contributed by atoms with E-state index in [-0.39, 0.29) is 31.5 Å². The lowest BCUT2D eigenvalue weighted by molar-refractivity contribution is -0.0361. The number of hydrogen-bond donors (Lipinski definition) is 3. The number of amides is 2. The third-order valence-electron chi connectivity index (χ3n) is 6.49. The summed E-state index contributed by atoms with van der Waals surface area (Å²) in [6.45, 7) is 3.93. The summed E-state index contributed by atoms with van der Waals surface area (Å²) >= 11 is 0. The quantitative estimate of drug-likeness (QED) is 0.648. The highest BCUT2D eigenvalue weighted by molar-refractivity contribution is 5.77. The molecule has 4 rings (SSSR count). The molecule has 2 amide bonds. The number of aromatic nitrogens is 2. The summed E-state index contributed by atoms with van der Waals surface area (Å²) in [4.78, 5) is 23.7. The summed E-state index contributed by atoms with van der Waals surface area (Å²) in [5, 5.41) is 15.9. The number of hydrogen-bond acceptors (Lipinski definition) is 5. The van der Waals surface area contributed by atoms with Gasteiger partial charge in [-0.2, -0.15) is 0 Å². The Bertz CT molecular complexity index is 960. The molecule has 0 radical (unpaired) electrons. The second-order valence-electron chi connectivity index (χ2n) is 9.07. The molecule has 1 aromatic carbocycles. The first-order valence-electron chi connectivity index (χ1n) is 10.9. The van der Waals surface area contributed by atoms with E-state index in [9.17, 15) is 18.7 Å². The number of carbonyl (C=O) groups excluding carboxylic acids is 1. The molecule has 0 bridgehead atoms. The van der Waals surface area contributed by atoms with Crippen LogP contribution in [0.15, 0.2) is 36.5 Å². The van der Waals surface area contributed by atoms with Crippen LogP contribution < -0.4 is 10.6 Å². The molecule has 1 aliphatic heterocycles. The van der Waals surface area contributed by atoms with Crippen molar-refractivity contribution in [2.45, 2.75) is 69.6 Å². The van der Waals surface area contributed by atoms with Gasteiger partial charge in [0.25, 0.3) is 0 Å². The Morgan fingerprint density at radius 1 is 1.25 bits per heavy atom. The number of alkyl halides is 2. The lowest BCUT2D eigenvalue weighted by Crippen LogP contribution is -2.47. The Morgan fingerprint density at radius 3 is 2.59 bits per heavy atom. The number of aliphatic hydroxyl groups excluding tert-OH is 1. The summed E-state index contributed by atoms with van der Waals surface area (Å²) in [5.41, 5.74) is 1.75. The second kappa shape index (κ2) is 8.61. The van der Waals surface area contributed by atoms with E-state index in [2.05, 4.69) is 20.6 Å². The number of anilines is 1. The zero-order valence-corrected chi connectivity index (χ0v) is 18.3. The Morgan fingerprint density at radius 2 is 1.94 bits per heavy atom. The molecule has 3 N–H and O–H groups in total. The number of aliphatic hydroxyl groups is 1. The van der Waals surface area contributed by atoms with E-state index in [0.717, 1.165) is 16.8 Å². The number of urea groups is 1. The molecule has 172 valence electrons. The van der Waals surface area contributed by atoms with Gasteiger partial charge in [0.15, 0.2) is 0 Å². The Kier molecular flexibility index (Phi) is 6.03. The van der Waals surface area contributed by atoms with Crippen molar-refractivity contribution in [1.82, 2.24) is 20.2 Å². The minimum absolute atomic E-state index is 0.0855. The Balaban J connectivity index is 1.45. The van der Waals surface area contributed by atoms with Crippen LogP contribution in [0, 0.1) is 0 Å². The number of benzene rings is 1. The van der Waals surface area contributed by atoms with Crippen LogP contribution in [0.1, 0.15) is 62.4 Å². The molecule has 0 saturated heterocycles. The van der Waals surface area contributed by atoms with Gasteiger partial charge in [0, 0.05) is 30.6 Å². The minimum atomic E-state index is -2.58. The fourth-order valence-corrected chi connectivity index (χ4v) is 4.45. The number of halogens is 2. The highest BCUT2D eigenvalue weighted by Gasteiger charge is 2.42. The average molecular weight is 446 g/mol. The Labute approximate surface area is 186 Å². The molecule has 2 aromatic rings. The molecular formula is C23H29F2N5O2. The van der Waals surface area contributed by atoms with Gasteiger partial charge in [0.2, 0.25) is 11.9 Å². The van der Waals surface area contributed by atoms with Crippen molar-refractivity contribution in [2.75, 3.05) is 11.9 Å². The molecule has 0 spiro atoms. The topological polar surface area (TPSA) is 90.4 Å². The number of nitrogens with zero attached hydrogens (tertiary/aromatic N) is 3. The van der Waals surface area contributed by atoms with Crippen molar-refractivity contribution >= 4 is 12.0 Å². The van der Waals surface area contributed by atoms with Gasteiger partial charge in [-0.05, 0) is 32.3 Å². The second-order valence-corrected chi connectivity index (χ2v) is 9.07. The highest BCUT2D eigenvalue weighted by Crippen LogP contribution is 2.38. The van der Waals surface area contributed by atoms with Gasteiger partial charge in [-0.1, -0.05) is 30.3 Å². The van der Waals surface area contributed by atoms with Gasteiger partial charge in [-0.25, -0.2) is 23.5 Å². The van der Waals surface area contributed by atoms with Crippen LogP contribution in [0.2, 0.25) is 0 Å². The summed E-state index contributed by atoms with van der Waals surface area (Å²) < 4.78 is 26.8. The molecule has 1 aliphatic carbocycles. The van der Waals surface area contributed by atoms with Gasteiger partial charge >= 0.3 is 6.03 Å². The molecular weight excluding hydrogens is 416 g/mol. The van der Waals surface area contributed by atoms with Crippen LogP contribution in [-0.4, -0.2) is 44.6 Å². The van der Waals surface area contributed by atoms with Crippen molar-refractivity contribution in [2.24, 2.45) is 0 Å². The van der Waals surface area contributed by atoms with Crippen LogP contribution in [-0.2, 0) is 12.1 Å². The van der Waals surface area contributed by atoms with Crippen molar-refractivity contribution in [3.8, 4) is 0 Å². The van der Waals surface area contributed by atoms with E-state index in [1.54, 1.807) is 11.1 Å². The van der Waals surface area contributed by atoms with Gasteiger partial charge in [-0.3, -0.25) is 0 Å². The van der Waals surface area contributed by atoms with Crippen molar-refractivity contribution in [1.29, 1.82) is 0 Å². The third-order valence-corrected chi connectivity index (χ3v) is 6.49. The van der Waals surface area contributed by atoms with Crippen LogP contribution in [0.3, 0.4) is 0 Å². The third kappa shape index (κ3) is 4.53. The molecule has 32 heavy (non-hydrogen) atoms. The highest BCUT2D eigenvalue weighted by atomic mass is 19.3. The molecule has 7 nitrogen and oxygen atoms in total. The largest absolute Gasteiger partial charge is 0.394 e. The number of carbonyl (C=O) groups is 1. The van der Waals surface area contributed by atoms with Crippen molar-refractivity contribution in [3.63, 3.8) is 0 Å². The van der Waals surface area contributed by atoms with E-state index >= 15 is 0 Å². The lowest BCUT2D eigenvalue weighted by atomic mass is 9.92. The SMILES string of the molecule is CC1(C)c2cnc(NC3CCC(F)(F)CC3)nc2CN1C(=O)NC(CO)c1ccccc1. The summed E-state index contributed by atoms with van der Waals surface area (Å²) in [6.07, 6.45) is 2.18. The van der Waals surface area contributed by atoms with Gasteiger partial charge in [0.05, 0.1) is 30.4 Å². The van der Waals surface area contributed by atoms with E-state index in [1.807, 2.05) is 44.2 Å². The standard InChI is InChI=1S/C23H29F2N5O2/c1-22(2)17-12-26-20(27-16-8-10-23(24,25)11-9-16)28-18(17)13-30(22)21(32)29-19(14-31)15-6-4-3-5-7-15/h3-7,12,16,19,31H,8-11,13-14H2,1-2H3,(H,29,32)(H,26,27,28). The van der Waals surface area contributed by atoms with Crippen LogP contribution >= 0.6 is 0 Å². The molecule has 1 atom stereocenters. The first kappa shape index (κ1) is 22.4. The number of fused-ring (bicyclic) bond motifs is 1. The van der Waals surface area contributed by atoms with Crippen LogP contribution in [0.5, 0.6) is 0 Å². The van der Waals surface area contributed by atoms with E-state index < -0.39 is 17.5 Å². The van der Waals surface area contributed by atoms with E-state index in [1.165, 1.54) is 0 Å². The molecule has 1 saturated carbocycles. The fourth-order valence-electron chi connectivity index (χ4n) is 4.45. The zero-order chi connectivity index (χ0) is 22.9. The van der Waals surface area contributed by atoms with Gasteiger partial charge in [-0.15, -0.1) is 0 Å². The molecule has 1 unspecified atom stereocenters. The predicted octanol–water partition coefficient (Wildman–Crippen LogP) is 3.96. The zero-order valence-electron chi connectivity index (χ0n) is 18.3. The van der Waals surface area contributed by atoms with Gasteiger partial charge < -0.3 is 20.6 Å². The van der Waals surface area contributed by atoms with E-state index in [0.29, 0.717) is 25.3 Å². The van der Waals surface area contributed by atoms with Crippen molar-refractivity contribution < 1.29 is 18.7 Å². The predicted molar refractivity (Wildman–Crippen MR) is 116 cm³/mol. The summed E-state index contributed by atoms with van der Waals surface area (Å²) in [5.74, 6) is -2.18.